The van der Waals surface area contributed by atoms with Gasteiger partial charge in [-0.1, -0.05) is 5.57 Å². The van der Waals surface area contributed by atoms with E-state index in [9.17, 15) is 24.6 Å². The minimum Gasteiger partial charge on any atom is -0.393 e. The Bertz CT molecular complexity index is 638. The molecule has 0 aromatic rings. The molecular weight excluding hydrogens is 320 g/mol. The molecule has 0 aliphatic heterocycles. The van der Waals surface area contributed by atoms with Gasteiger partial charge >= 0.3 is 0 Å². The van der Waals surface area contributed by atoms with E-state index in [2.05, 4.69) is 0 Å². The van der Waals surface area contributed by atoms with E-state index in [0.717, 1.165) is 32.0 Å². The van der Waals surface area contributed by atoms with E-state index in [4.69, 9.17) is 0 Å². The van der Waals surface area contributed by atoms with Gasteiger partial charge in [0.2, 0.25) is 0 Å². The van der Waals surface area contributed by atoms with Gasteiger partial charge in [-0.3, -0.25) is 9.59 Å². The van der Waals surface area contributed by atoms with Gasteiger partial charge in [-0.15, -0.1) is 0 Å². The third-order valence-corrected chi connectivity index (χ3v) is 7.64. The van der Waals surface area contributed by atoms with E-state index >= 15 is 0 Å². The van der Waals surface area contributed by atoms with E-state index in [1.807, 2.05) is 0 Å². The smallest absolute Gasteiger partial charge is 0.162 e. The fourth-order valence-corrected chi connectivity index (χ4v) is 6.75. The van der Waals surface area contributed by atoms with Gasteiger partial charge in [0.1, 0.15) is 12.9 Å². The Balaban J connectivity index is 1.69. The predicted molar refractivity (Wildman–Crippen MR) is 89.5 cm³/mol. The third-order valence-electron chi connectivity index (χ3n) is 7.64. The summed E-state index contributed by atoms with van der Waals surface area (Å²) in [5.41, 5.74) is 0.364. The van der Waals surface area contributed by atoms with E-state index in [1.54, 1.807) is 6.08 Å². The highest BCUT2D eigenvalue weighted by Crippen LogP contribution is 2.63. The Labute approximate surface area is 147 Å². The summed E-state index contributed by atoms with van der Waals surface area (Å²) in [6.45, 7) is -0.533. The molecule has 3 saturated carbocycles. The van der Waals surface area contributed by atoms with Gasteiger partial charge in [-0.2, -0.15) is 0 Å². The number of fused-ring (bicyclic) bond motifs is 5. The summed E-state index contributed by atoms with van der Waals surface area (Å²) in [6.07, 6.45) is 6.90. The normalized spacial score (nSPS) is 45.8. The quantitative estimate of drug-likeness (QED) is 0.755. The molecule has 0 radical (unpaired) electrons. The number of hydrogen-bond acceptors (Lipinski definition) is 5. The van der Waals surface area contributed by atoms with Crippen molar-refractivity contribution in [1.29, 1.82) is 0 Å². The number of allylic oxidation sites excluding steroid dienone is 1. The van der Waals surface area contributed by atoms with Crippen LogP contribution in [0.3, 0.4) is 0 Å². The summed E-state index contributed by atoms with van der Waals surface area (Å²) in [5.74, 6) is 0.129. The Morgan fingerprint density at radius 3 is 2.76 bits per heavy atom. The molecule has 0 amide bonds. The molecule has 25 heavy (non-hydrogen) atoms. The first-order valence-corrected chi connectivity index (χ1v) is 9.53. The molecule has 2 N–H and O–H groups in total. The van der Waals surface area contributed by atoms with E-state index in [1.165, 1.54) is 5.57 Å². The zero-order valence-electron chi connectivity index (χ0n) is 14.4. The van der Waals surface area contributed by atoms with Gasteiger partial charge in [-0.05, 0) is 68.3 Å². The number of Topliss-reactive ketones (excluding diaryl/α,β-unsaturated/α-hetero) is 1. The summed E-state index contributed by atoms with van der Waals surface area (Å²) in [7, 11) is 0. The lowest BCUT2D eigenvalue weighted by molar-refractivity contribution is -0.150. The second-order valence-electron chi connectivity index (χ2n) is 8.47. The van der Waals surface area contributed by atoms with Crippen molar-refractivity contribution in [2.45, 2.75) is 51.0 Å². The van der Waals surface area contributed by atoms with Crippen LogP contribution in [0.4, 0.5) is 0 Å². The highest BCUT2D eigenvalue weighted by molar-refractivity contribution is 5.91. The maximum Gasteiger partial charge on any atom is 0.162 e. The number of carbonyl (C=O) groups is 3. The number of rotatable bonds is 3. The molecule has 3 fully saturated rings. The Kier molecular flexibility index (Phi) is 4.19. The molecule has 1 unspecified atom stereocenters. The van der Waals surface area contributed by atoms with Gasteiger partial charge in [0, 0.05) is 17.8 Å². The van der Waals surface area contributed by atoms with Crippen LogP contribution in [0.1, 0.15) is 44.9 Å². The van der Waals surface area contributed by atoms with Crippen LogP contribution in [-0.2, 0) is 14.4 Å². The van der Waals surface area contributed by atoms with Crippen LogP contribution in [0.5, 0.6) is 0 Å². The molecule has 0 aromatic carbocycles. The number of aliphatic hydroxyl groups is 2. The topological polar surface area (TPSA) is 91.7 Å². The summed E-state index contributed by atoms with van der Waals surface area (Å²) < 4.78 is 0. The van der Waals surface area contributed by atoms with Crippen LogP contribution in [0, 0.1) is 35.0 Å². The Hall–Kier alpha value is -1.33. The average molecular weight is 346 g/mol. The zero-order valence-corrected chi connectivity index (χ0v) is 14.4. The van der Waals surface area contributed by atoms with Crippen LogP contribution in [0.25, 0.3) is 0 Å². The first-order valence-electron chi connectivity index (χ1n) is 9.53. The highest BCUT2D eigenvalue weighted by atomic mass is 16.3. The van der Waals surface area contributed by atoms with E-state index in [-0.39, 0.29) is 35.2 Å². The van der Waals surface area contributed by atoms with Crippen LogP contribution in [-0.4, -0.2) is 40.8 Å². The summed E-state index contributed by atoms with van der Waals surface area (Å²) >= 11 is 0. The molecule has 0 heterocycles. The van der Waals surface area contributed by atoms with Crippen molar-refractivity contribution in [3.05, 3.63) is 11.6 Å². The molecule has 5 nitrogen and oxygen atoms in total. The fraction of sp³-hybridized carbons (Fsp3) is 0.750. The minimum atomic E-state index is -0.813. The van der Waals surface area contributed by atoms with E-state index in [0.29, 0.717) is 19.3 Å². The Morgan fingerprint density at radius 1 is 1.24 bits per heavy atom. The number of carbonyl (C=O) groups excluding carboxylic acids is 3. The van der Waals surface area contributed by atoms with Crippen molar-refractivity contribution in [3.8, 4) is 0 Å². The molecule has 136 valence electrons. The lowest BCUT2D eigenvalue weighted by Gasteiger charge is -2.55. The minimum absolute atomic E-state index is 0.0918. The van der Waals surface area contributed by atoms with Crippen molar-refractivity contribution in [2.24, 2.45) is 35.0 Å². The molecule has 0 bridgehead atoms. The van der Waals surface area contributed by atoms with Gasteiger partial charge in [-0.25, -0.2) is 0 Å². The van der Waals surface area contributed by atoms with Crippen molar-refractivity contribution in [2.75, 3.05) is 6.61 Å². The largest absolute Gasteiger partial charge is 0.393 e. The highest BCUT2D eigenvalue weighted by Gasteiger charge is 2.62. The molecule has 0 spiro atoms. The average Bonchev–Trinajstić information content (AvgIpc) is 3.00. The lowest BCUT2D eigenvalue weighted by Crippen LogP contribution is -2.55. The molecular formula is C20H26O5. The first-order chi connectivity index (χ1) is 12.0. The maximum absolute atomic E-state index is 12.2. The summed E-state index contributed by atoms with van der Waals surface area (Å²) in [4.78, 5) is 36.1. The van der Waals surface area contributed by atoms with Gasteiger partial charge < -0.3 is 15.0 Å². The number of aliphatic hydroxyl groups excluding tert-OH is 2. The zero-order chi connectivity index (χ0) is 17.8. The van der Waals surface area contributed by atoms with Crippen LogP contribution in [0.2, 0.25) is 0 Å². The maximum atomic E-state index is 12.2. The standard InChI is InChI=1S/C20H26O5/c21-9-18(25)16-6-5-15-14-3-1-11-7-12(23)2-4-13(11)19(14)17(24)8-20(15,16)10-22/h7,10,13-17,19,21,24H,1-6,8-9H2/t13-,14-,15-,16+,17-,19?,20+/m0/s1. The van der Waals surface area contributed by atoms with Gasteiger partial charge in [0.05, 0.1) is 6.10 Å². The molecule has 5 heteroatoms. The van der Waals surface area contributed by atoms with Crippen molar-refractivity contribution >= 4 is 17.9 Å². The van der Waals surface area contributed by atoms with Crippen molar-refractivity contribution in [1.82, 2.24) is 0 Å². The monoisotopic (exact) mass is 346 g/mol. The van der Waals surface area contributed by atoms with Gasteiger partial charge in [0.15, 0.2) is 11.6 Å². The number of ketones is 2. The summed E-state index contributed by atoms with van der Waals surface area (Å²) in [5, 5.41) is 20.3. The number of hydrogen-bond donors (Lipinski definition) is 2. The molecule has 0 aromatic heterocycles. The SMILES string of the molecule is O=C[C@]12C[C@H](O)C3[C@@H](CCC4=CC(=O)CC[C@@H]43)[C@@H]1CC[C@@H]2C(=O)CO. The summed E-state index contributed by atoms with van der Waals surface area (Å²) in [6, 6.07) is 0. The Morgan fingerprint density at radius 2 is 2.04 bits per heavy atom. The fourth-order valence-electron chi connectivity index (χ4n) is 6.75. The van der Waals surface area contributed by atoms with Crippen molar-refractivity contribution in [3.63, 3.8) is 0 Å². The lowest BCUT2D eigenvalue weighted by atomic mass is 9.50. The molecule has 0 saturated heterocycles. The molecule has 7 atom stereocenters. The first kappa shape index (κ1) is 17.1. The second-order valence-corrected chi connectivity index (χ2v) is 8.47. The van der Waals surface area contributed by atoms with Crippen LogP contribution < -0.4 is 0 Å². The van der Waals surface area contributed by atoms with Crippen LogP contribution in [0.15, 0.2) is 11.6 Å². The van der Waals surface area contributed by atoms with Crippen LogP contribution >= 0.6 is 0 Å². The predicted octanol–water partition coefficient (Wildman–Crippen LogP) is 1.46. The van der Waals surface area contributed by atoms with E-state index < -0.39 is 24.0 Å². The molecule has 4 rings (SSSR count). The second kappa shape index (κ2) is 6.13. The number of aldehydes is 1. The van der Waals surface area contributed by atoms with Crippen molar-refractivity contribution < 1.29 is 24.6 Å². The molecule has 4 aliphatic carbocycles. The van der Waals surface area contributed by atoms with Gasteiger partial charge in [0.25, 0.3) is 0 Å². The molecule has 4 aliphatic rings. The third kappa shape index (κ3) is 2.39.